The van der Waals surface area contributed by atoms with E-state index in [1.54, 1.807) is 0 Å². The smallest absolute Gasteiger partial charge is 0.381 e. The van der Waals surface area contributed by atoms with Crippen LogP contribution in [0, 0.1) is 0 Å². The lowest BCUT2D eigenvalue weighted by Crippen LogP contribution is -2.17. The summed E-state index contributed by atoms with van der Waals surface area (Å²) in [5.41, 5.74) is 0. The zero-order valence-corrected chi connectivity index (χ0v) is 7.14. The lowest BCUT2D eigenvalue weighted by molar-refractivity contribution is 0.219. The van der Waals surface area contributed by atoms with Crippen LogP contribution in [-0.4, -0.2) is 22.5 Å². The van der Waals surface area contributed by atoms with Gasteiger partial charge in [-0.25, -0.2) is 0 Å². The Balaban J connectivity index is 0. The number of hydrogen-bond acceptors (Lipinski definition) is 2. The fourth-order valence-corrected chi connectivity index (χ4v) is 1.34. The largest absolute Gasteiger partial charge is 0.394 e. The van der Waals surface area contributed by atoms with Gasteiger partial charge in [0, 0.05) is 13.2 Å². The third kappa shape index (κ3) is 8.07. The molecule has 0 aromatic rings. The second kappa shape index (κ2) is 8.07. The molecule has 0 atom stereocenters. The summed E-state index contributed by atoms with van der Waals surface area (Å²) in [6, 6.07) is 0. The third-order valence-corrected chi connectivity index (χ3v) is 2.09. The maximum absolute atomic E-state index is 5.16. The van der Waals surface area contributed by atoms with Crippen molar-refractivity contribution in [2.75, 3.05) is 13.2 Å². The van der Waals surface area contributed by atoms with Crippen LogP contribution in [-0.2, 0) is 8.85 Å². The molecule has 0 aromatic carbocycles. The Labute approximate surface area is 57.4 Å². The van der Waals surface area contributed by atoms with E-state index in [4.69, 9.17) is 8.85 Å². The van der Waals surface area contributed by atoms with Crippen LogP contribution < -0.4 is 0 Å². The van der Waals surface area contributed by atoms with Crippen LogP contribution in [0.2, 0.25) is 6.55 Å². The minimum Gasteiger partial charge on any atom is -0.394 e. The molecule has 0 saturated carbocycles. The zero-order valence-electron chi connectivity index (χ0n) is 6.14. The highest BCUT2D eigenvalue weighted by Crippen LogP contribution is 1.85. The number of halogens is 1. The van der Waals surface area contributed by atoms with Gasteiger partial charge in [0.05, 0.1) is 0 Å². The molecule has 0 heterocycles. The molecule has 0 aliphatic carbocycles. The van der Waals surface area contributed by atoms with E-state index in [-0.39, 0.29) is 4.70 Å². The molecule has 4 heteroatoms. The molecule has 0 N–H and O–H groups in total. The lowest BCUT2D eigenvalue weighted by atomic mass is 10.9. The Bertz CT molecular complexity index is 48.2. The first-order valence-electron chi connectivity index (χ1n) is 2.90. The summed E-state index contributed by atoms with van der Waals surface area (Å²) in [6.07, 6.45) is 0. The Hall–Kier alpha value is 0.0669. The summed E-state index contributed by atoms with van der Waals surface area (Å²) in [6.45, 7) is 7.49. The van der Waals surface area contributed by atoms with Gasteiger partial charge >= 0.3 is 9.28 Å². The standard InChI is InChI=1S/C5H13O2Si.FH/c1-4-6-8(3)7-5-2;/h4-5H2,1-3H3;1H. The van der Waals surface area contributed by atoms with Gasteiger partial charge in [0.15, 0.2) is 0 Å². The van der Waals surface area contributed by atoms with Crippen LogP contribution in [0.3, 0.4) is 0 Å². The van der Waals surface area contributed by atoms with E-state index >= 15 is 0 Å². The molecule has 0 spiro atoms. The van der Waals surface area contributed by atoms with Crippen molar-refractivity contribution in [3.8, 4) is 0 Å². The van der Waals surface area contributed by atoms with Gasteiger partial charge in [-0.05, 0) is 20.4 Å². The van der Waals surface area contributed by atoms with E-state index in [1.165, 1.54) is 0 Å². The van der Waals surface area contributed by atoms with Crippen LogP contribution in [0.25, 0.3) is 0 Å². The number of rotatable bonds is 4. The van der Waals surface area contributed by atoms with Crippen LogP contribution >= 0.6 is 0 Å². The van der Waals surface area contributed by atoms with E-state index in [0.717, 1.165) is 13.2 Å². The van der Waals surface area contributed by atoms with Crippen molar-refractivity contribution >= 4 is 9.28 Å². The molecule has 0 aromatic heterocycles. The Morgan fingerprint density at radius 3 is 1.67 bits per heavy atom. The minimum atomic E-state index is -0.891. The molecule has 0 saturated heterocycles. The molecule has 0 unspecified atom stereocenters. The van der Waals surface area contributed by atoms with E-state index in [1.807, 2.05) is 20.4 Å². The van der Waals surface area contributed by atoms with Gasteiger partial charge in [0.25, 0.3) is 0 Å². The summed E-state index contributed by atoms with van der Waals surface area (Å²) >= 11 is 0. The Kier molecular flexibility index (Phi) is 10.6. The van der Waals surface area contributed by atoms with Crippen molar-refractivity contribution in [2.45, 2.75) is 20.4 Å². The van der Waals surface area contributed by atoms with Crippen molar-refractivity contribution in [3.05, 3.63) is 0 Å². The first kappa shape index (κ1) is 11.8. The summed E-state index contributed by atoms with van der Waals surface area (Å²) in [4.78, 5) is 0. The van der Waals surface area contributed by atoms with Gasteiger partial charge in [-0.1, -0.05) is 0 Å². The molecular weight excluding hydrogens is 139 g/mol. The van der Waals surface area contributed by atoms with Crippen LogP contribution in [0.5, 0.6) is 0 Å². The molecule has 1 radical (unpaired) electrons. The normalized spacial score (nSPS) is 9.33. The molecule has 0 amide bonds. The topological polar surface area (TPSA) is 18.5 Å². The molecule has 0 fully saturated rings. The monoisotopic (exact) mass is 153 g/mol. The summed E-state index contributed by atoms with van der Waals surface area (Å²) in [7, 11) is -0.891. The molecular formula is C5H14FO2Si. The highest BCUT2D eigenvalue weighted by atomic mass is 28.3. The van der Waals surface area contributed by atoms with Crippen molar-refractivity contribution in [3.63, 3.8) is 0 Å². The fourth-order valence-electron chi connectivity index (χ4n) is 0.448. The molecule has 2 nitrogen and oxygen atoms in total. The maximum atomic E-state index is 5.16. The van der Waals surface area contributed by atoms with Gasteiger partial charge < -0.3 is 8.85 Å². The van der Waals surface area contributed by atoms with Crippen molar-refractivity contribution in [2.24, 2.45) is 0 Å². The van der Waals surface area contributed by atoms with Crippen molar-refractivity contribution in [1.29, 1.82) is 0 Å². The SMILES string of the molecule is CCO[Si](C)OCC.F. The zero-order chi connectivity index (χ0) is 6.41. The predicted molar refractivity (Wildman–Crippen MR) is 37.4 cm³/mol. The first-order chi connectivity index (χ1) is 3.81. The second-order valence-corrected chi connectivity index (χ2v) is 2.92. The Morgan fingerprint density at radius 1 is 1.11 bits per heavy atom. The van der Waals surface area contributed by atoms with E-state index in [2.05, 4.69) is 0 Å². The molecule has 0 aliphatic heterocycles. The quantitative estimate of drug-likeness (QED) is 0.567. The average molecular weight is 153 g/mol. The lowest BCUT2D eigenvalue weighted by Gasteiger charge is -2.05. The van der Waals surface area contributed by atoms with E-state index in [9.17, 15) is 0 Å². The molecule has 9 heavy (non-hydrogen) atoms. The summed E-state index contributed by atoms with van der Waals surface area (Å²) in [5.74, 6) is 0. The highest BCUT2D eigenvalue weighted by molar-refractivity contribution is 6.42. The second-order valence-electron chi connectivity index (χ2n) is 1.36. The van der Waals surface area contributed by atoms with E-state index < -0.39 is 9.28 Å². The van der Waals surface area contributed by atoms with Gasteiger partial charge in [-0.2, -0.15) is 0 Å². The number of hydrogen-bond donors (Lipinski definition) is 0. The van der Waals surface area contributed by atoms with Gasteiger partial charge in [-0.15, -0.1) is 0 Å². The van der Waals surface area contributed by atoms with Crippen LogP contribution in [0.4, 0.5) is 4.70 Å². The fraction of sp³-hybridized carbons (Fsp3) is 1.00. The summed E-state index contributed by atoms with van der Waals surface area (Å²) in [5, 5.41) is 0. The van der Waals surface area contributed by atoms with Gasteiger partial charge in [-0.3, -0.25) is 4.70 Å². The predicted octanol–water partition coefficient (Wildman–Crippen LogP) is 1.33. The highest BCUT2D eigenvalue weighted by Gasteiger charge is 2.02. The van der Waals surface area contributed by atoms with Crippen molar-refractivity contribution in [1.82, 2.24) is 0 Å². The van der Waals surface area contributed by atoms with Crippen LogP contribution in [0.1, 0.15) is 13.8 Å². The third-order valence-electron chi connectivity index (χ3n) is 0.695. The van der Waals surface area contributed by atoms with Gasteiger partial charge in [0.2, 0.25) is 0 Å². The maximum Gasteiger partial charge on any atom is 0.381 e. The summed E-state index contributed by atoms with van der Waals surface area (Å²) < 4.78 is 10.3. The minimum absolute atomic E-state index is 0. The Morgan fingerprint density at radius 2 is 1.44 bits per heavy atom. The van der Waals surface area contributed by atoms with E-state index in [0.29, 0.717) is 0 Å². The molecule has 0 aliphatic rings. The van der Waals surface area contributed by atoms with Crippen molar-refractivity contribution < 1.29 is 13.6 Å². The average Bonchev–Trinajstić information content (AvgIpc) is 1.68. The van der Waals surface area contributed by atoms with Crippen LogP contribution in [0.15, 0.2) is 0 Å². The molecule has 0 rings (SSSR count). The van der Waals surface area contributed by atoms with Gasteiger partial charge in [0.1, 0.15) is 0 Å². The molecule has 57 valence electrons. The molecule has 0 bridgehead atoms. The first-order valence-corrected chi connectivity index (χ1v) is 4.72.